The van der Waals surface area contributed by atoms with Gasteiger partial charge < -0.3 is 10.1 Å². The van der Waals surface area contributed by atoms with Crippen molar-refractivity contribution in [1.29, 1.82) is 5.26 Å². The van der Waals surface area contributed by atoms with Crippen LogP contribution in [0.5, 0.6) is 0 Å². The Labute approximate surface area is 196 Å². The highest BCUT2D eigenvalue weighted by molar-refractivity contribution is 6.05. The summed E-state index contributed by atoms with van der Waals surface area (Å²) in [6.45, 7) is -0.0695. The molecule has 0 aliphatic rings. The van der Waals surface area contributed by atoms with Crippen LogP contribution in [0.15, 0.2) is 55.0 Å². The van der Waals surface area contributed by atoms with Crippen LogP contribution < -0.4 is 5.32 Å². The first-order valence-electron chi connectivity index (χ1n) is 10.1. The standard InChI is InChI=1S/C22H17F3N8O2/c1-35-10-9-32-19(17(22(23,24)25)18(31-32)14-5-3-2-4-6-14)21(34)30-16-11-15(12-26)20(27-13-16)33-28-7-8-29-33/h2-8,11,13H,9-10H2,1H3,(H,30,34). The van der Waals surface area contributed by atoms with Crippen molar-refractivity contribution in [3.63, 3.8) is 0 Å². The summed E-state index contributed by atoms with van der Waals surface area (Å²) in [6.07, 6.45) is -0.904. The first-order chi connectivity index (χ1) is 16.8. The lowest BCUT2D eigenvalue weighted by atomic mass is 10.0. The number of carbonyl (C=O) groups is 1. The van der Waals surface area contributed by atoms with E-state index in [2.05, 4.69) is 25.6 Å². The van der Waals surface area contributed by atoms with Crippen LogP contribution in [-0.2, 0) is 17.5 Å². The lowest BCUT2D eigenvalue weighted by molar-refractivity contribution is -0.137. The van der Waals surface area contributed by atoms with Crippen molar-refractivity contribution in [3.05, 3.63) is 71.8 Å². The van der Waals surface area contributed by atoms with Gasteiger partial charge >= 0.3 is 6.18 Å². The highest BCUT2D eigenvalue weighted by Gasteiger charge is 2.42. The zero-order chi connectivity index (χ0) is 25.0. The summed E-state index contributed by atoms with van der Waals surface area (Å²) in [5.41, 5.74) is -2.03. The Morgan fingerprint density at radius 1 is 1.20 bits per heavy atom. The van der Waals surface area contributed by atoms with E-state index in [1.165, 1.54) is 43.9 Å². The predicted octanol–water partition coefficient (Wildman–Crippen LogP) is 3.31. The monoisotopic (exact) mass is 482 g/mol. The molecule has 0 aliphatic carbocycles. The Kier molecular flexibility index (Phi) is 6.56. The number of halogens is 3. The molecule has 0 aliphatic heterocycles. The fourth-order valence-electron chi connectivity index (χ4n) is 3.38. The van der Waals surface area contributed by atoms with Crippen LogP contribution in [0.25, 0.3) is 17.1 Å². The maximum Gasteiger partial charge on any atom is 0.420 e. The van der Waals surface area contributed by atoms with Gasteiger partial charge in [-0.1, -0.05) is 30.3 Å². The number of nitriles is 1. The molecule has 35 heavy (non-hydrogen) atoms. The van der Waals surface area contributed by atoms with Crippen LogP contribution in [0.1, 0.15) is 21.6 Å². The molecule has 1 amide bonds. The van der Waals surface area contributed by atoms with Crippen LogP contribution >= 0.6 is 0 Å². The molecular weight excluding hydrogens is 465 g/mol. The van der Waals surface area contributed by atoms with E-state index in [4.69, 9.17) is 4.74 Å². The van der Waals surface area contributed by atoms with Gasteiger partial charge in [-0.2, -0.15) is 33.7 Å². The number of hydrogen-bond acceptors (Lipinski definition) is 7. The number of rotatable bonds is 7. The number of carbonyl (C=O) groups excluding carboxylic acids is 1. The van der Waals surface area contributed by atoms with Crippen LogP contribution in [-0.4, -0.2) is 49.4 Å². The van der Waals surface area contributed by atoms with Crippen molar-refractivity contribution >= 4 is 11.6 Å². The topological polar surface area (TPSA) is 124 Å². The number of nitrogens with zero attached hydrogens (tertiary/aromatic N) is 7. The second kappa shape index (κ2) is 9.74. The molecule has 3 heterocycles. The average Bonchev–Trinajstić information content (AvgIpc) is 3.51. The number of aromatic nitrogens is 6. The molecule has 0 unspecified atom stereocenters. The normalized spacial score (nSPS) is 11.3. The Bertz CT molecular complexity index is 1380. The molecule has 3 aromatic heterocycles. The third kappa shape index (κ3) is 4.87. The number of pyridine rings is 1. The summed E-state index contributed by atoms with van der Waals surface area (Å²) in [4.78, 5) is 18.3. The van der Waals surface area contributed by atoms with E-state index in [0.29, 0.717) is 0 Å². The molecule has 1 aromatic carbocycles. The molecule has 0 atom stereocenters. The van der Waals surface area contributed by atoms with Gasteiger partial charge in [0.15, 0.2) is 5.82 Å². The highest BCUT2D eigenvalue weighted by Crippen LogP contribution is 2.39. The summed E-state index contributed by atoms with van der Waals surface area (Å²) in [5.74, 6) is -0.971. The molecular formula is C22H17F3N8O2. The molecule has 178 valence electrons. The van der Waals surface area contributed by atoms with Crippen molar-refractivity contribution in [1.82, 2.24) is 29.8 Å². The number of methoxy groups -OCH3 is 1. The third-order valence-corrected chi connectivity index (χ3v) is 4.86. The van der Waals surface area contributed by atoms with Gasteiger partial charge in [-0.05, 0) is 6.07 Å². The number of hydrogen-bond donors (Lipinski definition) is 1. The number of amides is 1. The summed E-state index contributed by atoms with van der Waals surface area (Å²) in [6, 6.07) is 10.9. The molecule has 10 nitrogen and oxygen atoms in total. The van der Waals surface area contributed by atoms with Gasteiger partial charge in [0.05, 0.1) is 37.4 Å². The van der Waals surface area contributed by atoms with Crippen molar-refractivity contribution in [3.8, 4) is 23.1 Å². The first kappa shape index (κ1) is 23.6. The Balaban J connectivity index is 1.78. The number of anilines is 1. The number of ether oxygens (including phenoxy) is 1. The van der Waals surface area contributed by atoms with Crippen LogP contribution in [0.4, 0.5) is 18.9 Å². The molecule has 0 spiro atoms. The van der Waals surface area contributed by atoms with Crippen molar-refractivity contribution in [2.75, 3.05) is 19.0 Å². The second-order valence-corrected chi connectivity index (χ2v) is 7.13. The zero-order valence-electron chi connectivity index (χ0n) is 18.2. The Morgan fingerprint density at radius 2 is 1.91 bits per heavy atom. The minimum absolute atomic E-state index is 0.00732. The molecule has 0 saturated heterocycles. The zero-order valence-corrected chi connectivity index (χ0v) is 18.2. The van der Waals surface area contributed by atoms with Crippen LogP contribution in [0.2, 0.25) is 0 Å². The number of alkyl halides is 3. The lowest BCUT2D eigenvalue weighted by Gasteiger charge is -2.13. The van der Waals surface area contributed by atoms with Crippen molar-refractivity contribution in [2.24, 2.45) is 0 Å². The largest absolute Gasteiger partial charge is 0.420 e. The van der Waals surface area contributed by atoms with E-state index in [0.717, 1.165) is 9.48 Å². The lowest BCUT2D eigenvalue weighted by Crippen LogP contribution is -2.23. The highest BCUT2D eigenvalue weighted by atomic mass is 19.4. The van der Waals surface area contributed by atoms with Gasteiger partial charge in [-0.25, -0.2) is 4.98 Å². The van der Waals surface area contributed by atoms with Gasteiger partial charge in [0.1, 0.15) is 28.6 Å². The van der Waals surface area contributed by atoms with E-state index in [-0.39, 0.29) is 41.5 Å². The molecule has 0 saturated carbocycles. The summed E-state index contributed by atoms with van der Waals surface area (Å²) < 4.78 is 48.6. The number of nitrogens with one attached hydrogen (secondary N) is 1. The van der Waals surface area contributed by atoms with Gasteiger partial charge in [-0.15, -0.1) is 4.80 Å². The van der Waals surface area contributed by atoms with E-state index in [1.807, 2.05) is 6.07 Å². The Hall–Kier alpha value is -4.57. The maximum atomic E-state index is 14.2. The van der Waals surface area contributed by atoms with Crippen molar-refractivity contribution < 1.29 is 22.7 Å². The Morgan fingerprint density at radius 3 is 2.54 bits per heavy atom. The summed E-state index contributed by atoms with van der Waals surface area (Å²) >= 11 is 0. The minimum atomic E-state index is -4.88. The van der Waals surface area contributed by atoms with E-state index in [1.54, 1.807) is 18.2 Å². The smallest absolute Gasteiger partial charge is 0.383 e. The molecule has 0 radical (unpaired) electrons. The van der Waals surface area contributed by atoms with Gasteiger partial charge in [0, 0.05) is 12.7 Å². The maximum absolute atomic E-state index is 14.2. The second-order valence-electron chi connectivity index (χ2n) is 7.13. The summed E-state index contributed by atoms with van der Waals surface area (Å²) in [5, 5.41) is 23.8. The van der Waals surface area contributed by atoms with E-state index < -0.39 is 23.3 Å². The minimum Gasteiger partial charge on any atom is -0.383 e. The molecule has 0 fully saturated rings. The molecule has 4 aromatic rings. The molecule has 13 heteroatoms. The fraction of sp³-hybridized carbons (Fsp3) is 0.182. The quantitative estimate of drug-likeness (QED) is 0.429. The SMILES string of the molecule is COCCn1nc(-c2ccccc2)c(C(F)(F)F)c1C(=O)Nc1cnc(-n2nccn2)c(C#N)c1. The van der Waals surface area contributed by atoms with Crippen LogP contribution in [0.3, 0.4) is 0 Å². The number of benzene rings is 1. The summed E-state index contributed by atoms with van der Waals surface area (Å²) in [7, 11) is 1.39. The fourth-order valence-corrected chi connectivity index (χ4v) is 3.38. The van der Waals surface area contributed by atoms with E-state index in [9.17, 15) is 23.2 Å². The molecule has 4 rings (SSSR count). The third-order valence-electron chi connectivity index (χ3n) is 4.86. The van der Waals surface area contributed by atoms with E-state index >= 15 is 0 Å². The average molecular weight is 482 g/mol. The van der Waals surface area contributed by atoms with Crippen molar-refractivity contribution in [2.45, 2.75) is 12.7 Å². The van der Waals surface area contributed by atoms with Gasteiger partial charge in [0.2, 0.25) is 0 Å². The molecule has 0 bridgehead atoms. The molecule has 1 N–H and O–H groups in total. The van der Waals surface area contributed by atoms with Gasteiger partial charge in [-0.3, -0.25) is 9.48 Å². The first-order valence-corrected chi connectivity index (χ1v) is 10.1. The van der Waals surface area contributed by atoms with Gasteiger partial charge in [0.25, 0.3) is 5.91 Å². The predicted molar refractivity (Wildman–Crippen MR) is 116 cm³/mol. The van der Waals surface area contributed by atoms with Crippen LogP contribution in [0, 0.1) is 11.3 Å².